The summed E-state index contributed by atoms with van der Waals surface area (Å²) in [7, 11) is 0. The largest absolute Gasteiger partial charge is 0.451 e. The fourth-order valence-corrected chi connectivity index (χ4v) is 8.16. The molecule has 7 rings (SSSR count). The van der Waals surface area contributed by atoms with E-state index in [4.69, 9.17) is 4.42 Å². The first-order valence-corrected chi connectivity index (χ1v) is 18.4. The molecule has 4 aromatic rings. The van der Waals surface area contributed by atoms with Gasteiger partial charge in [-0.25, -0.2) is 0 Å². The number of rotatable bonds is 9. The zero-order chi connectivity index (χ0) is 33.7. The minimum Gasteiger partial charge on any atom is -0.451 e. The molecular weight excluding hydrogens is 614 g/mol. The number of carbonyl (C=O) groups excluding carboxylic acids is 3. The summed E-state index contributed by atoms with van der Waals surface area (Å²) in [4.78, 5) is 43.7. The molecule has 2 aromatic carbocycles. The molecule has 2 saturated carbocycles. The minimum atomic E-state index is -0.465. The third-order valence-corrected chi connectivity index (χ3v) is 11.1. The monoisotopic (exact) mass is 661 g/mol. The Kier molecular flexibility index (Phi) is 10.1. The maximum atomic E-state index is 13.5. The molecule has 2 aliphatic carbocycles. The van der Waals surface area contributed by atoms with Gasteiger partial charge in [-0.3, -0.25) is 29.2 Å². The third kappa shape index (κ3) is 7.45. The molecule has 0 radical (unpaired) electrons. The molecule has 3 fully saturated rings. The van der Waals surface area contributed by atoms with Crippen molar-refractivity contribution in [1.82, 2.24) is 14.8 Å². The summed E-state index contributed by atoms with van der Waals surface area (Å²) >= 11 is 0. The van der Waals surface area contributed by atoms with E-state index in [1.807, 2.05) is 41.1 Å². The first-order valence-electron chi connectivity index (χ1n) is 18.4. The smallest absolute Gasteiger partial charge is 0.293 e. The van der Waals surface area contributed by atoms with Gasteiger partial charge in [-0.15, -0.1) is 0 Å². The molecule has 1 saturated heterocycles. The molecule has 0 unspecified atom stereocenters. The molecular formula is C40H47N5O4. The quantitative estimate of drug-likeness (QED) is 0.146. The molecule has 9 heteroatoms. The van der Waals surface area contributed by atoms with Crippen LogP contribution in [-0.2, 0) is 11.2 Å². The highest BCUT2D eigenvalue weighted by atomic mass is 16.3. The number of nitriles is 1. The highest BCUT2D eigenvalue weighted by molar-refractivity contribution is 6.05. The van der Waals surface area contributed by atoms with Gasteiger partial charge < -0.3 is 9.32 Å². The van der Waals surface area contributed by atoms with Crippen molar-refractivity contribution in [3.8, 4) is 6.07 Å². The maximum Gasteiger partial charge on any atom is 0.293 e. The van der Waals surface area contributed by atoms with E-state index in [1.165, 1.54) is 6.42 Å². The summed E-state index contributed by atoms with van der Waals surface area (Å²) < 4.78 is 7.69. The second kappa shape index (κ2) is 15.0. The van der Waals surface area contributed by atoms with Gasteiger partial charge >= 0.3 is 0 Å². The number of piperazine rings is 1. The zero-order valence-corrected chi connectivity index (χ0v) is 28.4. The number of hydrogen-bond donors (Lipinski definition) is 1. The van der Waals surface area contributed by atoms with Gasteiger partial charge in [-0.05, 0) is 99.5 Å². The first kappa shape index (κ1) is 33.1. The third-order valence-electron chi connectivity index (χ3n) is 11.1. The standard InChI is InChI=1S/C40H47N5O4/c41-26-28-14-16-35-34(23-28)31(27-45(35)40(48)30-11-5-2-6-12-30)13-7-8-18-43-19-21-44(22-20-43)33-15-17-36-32(24-33)25-37(49-36)39(47)42-38(46)29-9-3-1-4-10-29/h14-17,23-25,27,29-30H,1-13,18-22H2,(H,42,46,47). The number of imide groups is 1. The number of hydrogen-bond acceptors (Lipinski definition) is 7. The number of unbranched alkanes of at least 4 members (excludes halogenated alkanes) is 1. The van der Waals surface area contributed by atoms with Gasteiger partial charge in [0.1, 0.15) is 5.58 Å². The summed E-state index contributed by atoms with van der Waals surface area (Å²) in [5.41, 5.74) is 4.47. The van der Waals surface area contributed by atoms with Crippen LogP contribution >= 0.6 is 0 Å². The predicted octanol–water partition coefficient (Wildman–Crippen LogP) is 7.46. The second-order valence-corrected chi connectivity index (χ2v) is 14.3. The van der Waals surface area contributed by atoms with Crippen molar-refractivity contribution in [2.24, 2.45) is 11.8 Å². The van der Waals surface area contributed by atoms with Crippen molar-refractivity contribution in [1.29, 1.82) is 5.26 Å². The van der Waals surface area contributed by atoms with Crippen LogP contribution in [0.5, 0.6) is 0 Å². The van der Waals surface area contributed by atoms with Crippen LogP contribution in [0.25, 0.3) is 21.9 Å². The van der Waals surface area contributed by atoms with Crippen LogP contribution in [0.4, 0.5) is 5.69 Å². The minimum absolute atomic E-state index is 0.0816. The normalized spacial score (nSPS) is 18.1. The SMILES string of the molecule is N#Cc1ccc2c(c1)c(CCCCN1CCN(c3ccc4oc(C(=O)NC(=O)C5CCCCC5)cc4c3)CC1)cn2C(=O)C1CCCCC1. The Balaban J connectivity index is 0.907. The Bertz CT molecular complexity index is 1860. The second-order valence-electron chi connectivity index (χ2n) is 14.3. The van der Waals surface area contributed by atoms with Crippen LogP contribution in [0.3, 0.4) is 0 Å². The molecule has 1 N–H and O–H groups in total. The molecule has 0 bridgehead atoms. The topological polar surface area (TPSA) is 112 Å². The number of nitrogens with one attached hydrogen (secondary N) is 1. The Morgan fingerprint density at radius 1 is 0.837 bits per heavy atom. The van der Waals surface area contributed by atoms with E-state index < -0.39 is 5.91 Å². The zero-order valence-electron chi connectivity index (χ0n) is 28.4. The van der Waals surface area contributed by atoms with Crippen LogP contribution in [0, 0.1) is 23.2 Å². The first-order chi connectivity index (χ1) is 24.0. The molecule has 3 heterocycles. The fraction of sp³-hybridized carbons (Fsp3) is 0.500. The number of anilines is 1. The molecule has 0 spiro atoms. The molecule has 9 nitrogen and oxygen atoms in total. The van der Waals surface area contributed by atoms with Crippen molar-refractivity contribution in [3.63, 3.8) is 0 Å². The van der Waals surface area contributed by atoms with E-state index >= 15 is 0 Å². The van der Waals surface area contributed by atoms with E-state index in [2.05, 4.69) is 27.3 Å². The Hall–Kier alpha value is -4.42. The maximum absolute atomic E-state index is 13.5. The Labute approximate surface area is 288 Å². The number of amides is 2. The number of aromatic nitrogens is 1. The number of benzene rings is 2. The lowest BCUT2D eigenvalue weighted by molar-refractivity contribution is -0.124. The van der Waals surface area contributed by atoms with Gasteiger partial charge in [0, 0.05) is 60.7 Å². The van der Waals surface area contributed by atoms with E-state index in [-0.39, 0.29) is 29.4 Å². The van der Waals surface area contributed by atoms with Crippen LogP contribution < -0.4 is 10.2 Å². The van der Waals surface area contributed by atoms with Crippen molar-refractivity contribution >= 4 is 45.3 Å². The predicted molar refractivity (Wildman–Crippen MR) is 191 cm³/mol. The molecule has 1 aliphatic heterocycles. The summed E-state index contributed by atoms with van der Waals surface area (Å²) in [5.74, 6) is -0.259. The molecule has 0 atom stereocenters. The lowest BCUT2D eigenvalue weighted by Gasteiger charge is -2.36. The highest BCUT2D eigenvalue weighted by Crippen LogP contribution is 2.31. The average Bonchev–Trinajstić information content (AvgIpc) is 3.75. The van der Waals surface area contributed by atoms with Gasteiger partial charge in [-0.2, -0.15) is 5.26 Å². The summed E-state index contributed by atoms with van der Waals surface area (Å²) in [6.45, 7) is 4.80. The van der Waals surface area contributed by atoms with Crippen molar-refractivity contribution in [3.05, 3.63) is 65.5 Å². The van der Waals surface area contributed by atoms with Crippen LogP contribution in [0.2, 0.25) is 0 Å². The van der Waals surface area contributed by atoms with Crippen LogP contribution in [-0.4, -0.2) is 59.9 Å². The molecule has 2 aromatic heterocycles. The van der Waals surface area contributed by atoms with E-state index in [9.17, 15) is 19.6 Å². The lowest BCUT2D eigenvalue weighted by atomic mass is 9.88. The molecule has 256 valence electrons. The number of carbonyl (C=O) groups is 3. The molecule has 3 aliphatic rings. The van der Waals surface area contributed by atoms with E-state index in [0.29, 0.717) is 11.1 Å². The van der Waals surface area contributed by atoms with Crippen molar-refractivity contribution in [2.75, 3.05) is 37.6 Å². The van der Waals surface area contributed by atoms with Gasteiger partial charge in [0.25, 0.3) is 5.91 Å². The van der Waals surface area contributed by atoms with E-state index in [1.54, 1.807) is 6.07 Å². The van der Waals surface area contributed by atoms with Gasteiger partial charge in [-0.1, -0.05) is 38.5 Å². The number of aryl methyl sites for hydroxylation is 1. The van der Waals surface area contributed by atoms with Gasteiger partial charge in [0.2, 0.25) is 11.8 Å². The average molecular weight is 662 g/mol. The number of fused-ring (bicyclic) bond motifs is 2. The van der Waals surface area contributed by atoms with Crippen molar-refractivity contribution in [2.45, 2.75) is 83.5 Å². The number of nitrogens with zero attached hydrogens (tertiary/aromatic N) is 4. The number of furan rings is 1. The molecule has 49 heavy (non-hydrogen) atoms. The van der Waals surface area contributed by atoms with Crippen LogP contribution in [0.15, 0.2) is 53.1 Å². The molecule has 2 amide bonds. The Morgan fingerprint density at radius 3 is 2.31 bits per heavy atom. The lowest BCUT2D eigenvalue weighted by Crippen LogP contribution is -2.46. The summed E-state index contributed by atoms with van der Waals surface area (Å²) in [5, 5.41) is 14.0. The Morgan fingerprint density at radius 2 is 1.57 bits per heavy atom. The van der Waals surface area contributed by atoms with Gasteiger partial charge in [0.15, 0.2) is 5.76 Å². The van der Waals surface area contributed by atoms with Gasteiger partial charge in [0.05, 0.1) is 17.1 Å². The highest BCUT2D eigenvalue weighted by Gasteiger charge is 2.26. The van der Waals surface area contributed by atoms with Crippen LogP contribution in [0.1, 0.15) is 104 Å². The summed E-state index contributed by atoms with van der Waals surface area (Å²) in [6, 6.07) is 15.7. The van der Waals surface area contributed by atoms with Crippen molar-refractivity contribution < 1.29 is 18.8 Å². The summed E-state index contributed by atoms with van der Waals surface area (Å²) in [6.07, 6.45) is 15.3. The van der Waals surface area contributed by atoms with E-state index in [0.717, 1.165) is 137 Å². The fourth-order valence-electron chi connectivity index (χ4n) is 8.16.